The standard InChI is InChI=1S/C24H31N3O3S/c1-20-6-5-13-25(18-20)19-21-9-11-22(12-10-21)24(28)26-14-16-27(17-15-26)31(29,30)23-7-3-2-4-8-23/h2-4,7-12,20H,5-6,13-19H2,1H3. The van der Waals surface area contributed by atoms with Crippen molar-refractivity contribution in [3.63, 3.8) is 0 Å². The summed E-state index contributed by atoms with van der Waals surface area (Å²) in [4.78, 5) is 17.4. The molecule has 2 aromatic carbocycles. The van der Waals surface area contributed by atoms with E-state index >= 15 is 0 Å². The van der Waals surface area contributed by atoms with Crippen LogP contribution in [-0.4, -0.2) is 67.7 Å². The minimum absolute atomic E-state index is 0.0325. The van der Waals surface area contributed by atoms with E-state index in [2.05, 4.69) is 11.8 Å². The van der Waals surface area contributed by atoms with Crippen LogP contribution in [0.4, 0.5) is 0 Å². The third kappa shape index (κ3) is 5.17. The smallest absolute Gasteiger partial charge is 0.253 e. The van der Waals surface area contributed by atoms with Crippen LogP contribution >= 0.6 is 0 Å². The molecule has 2 aliphatic rings. The van der Waals surface area contributed by atoms with Gasteiger partial charge in [0, 0.05) is 44.8 Å². The number of benzene rings is 2. The molecular formula is C24H31N3O3S. The number of sulfonamides is 1. The molecule has 0 spiro atoms. The van der Waals surface area contributed by atoms with Gasteiger partial charge in [-0.1, -0.05) is 37.3 Å². The van der Waals surface area contributed by atoms with Gasteiger partial charge in [0.15, 0.2) is 0 Å². The van der Waals surface area contributed by atoms with Crippen molar-refractivity contribution in [1.29, 1.82) is 0 Å². The Bertz CT molecular complexity index is 984. The van der Waals surface area contributed by atoms with Gasteiger partial charge in [-0.15, -0.1) is 0 Å². The maximum absolute atomic E-state index is 12.9. The van der Waals surface area contributed by atoms with E-state index in [1.54, 1.807) is 35.2 Å². The molecule has 0 bridgehead atoms. The predicted octanol–water partition coefficient (Wildman–Crippen LogP) is 3.07. The van der Waals surface area contributed by atoms with E-state index in [0.717, 1.165) is 25.6 Å². The van der Waals surface area contributed by atoms with Crippen LogP contribution in [0, 0.1) is 5.92 Å². The zero-order chi connectivity index (χ0) is 21.8. The van der Waals surface area contributed by atoms with Gasteiger partial charge in [0.05, 0.1) is 4.90 Å². The van der Waals surface area contributed by atoms with Crippen molar-refractivity contribution in [2.75, 3.05) is 39.3 Å². The molecule has 0 aliphatic carbocycles. The third-order valence-electron chi connectivity index (χ3n) is 6.26. The van der Waals surface area contributed by atoms with Gasteiger partial charge in [-0.3, -0.25) is 9.69 Å². The number of nitrogens with zero attached hydrogens (tertiary/aromatic N) is 3. The topological polar surface area (TPSA) is 60.9 Å². The van der Waals surface area contributed by atoms with Gasteiger partial charge in [-0.05, 0) is 55.1 Å². The Balaban J connectivity index is 1.33. The van der Waals surface area contributed by atoms with Crippen LogP contribution in [0.1, 0.15) is 35.7 Å². The van der Waals surface area contributed by atoms with Crippen LogP contribution in [0.5, 0.6) is 0 Å². The van der Waals surface area contributed by atoms with Crippen molar-refractivity contribution in [1.82, 2.24) is 14.1 Å². The Labute approximate surface area is 185 Å². The first-order valence-corrected chi connectivity index (χ1v) is 12.5. The van der Waals surface area contributed by atoms with Crippen molar-refractivity contribution in [2.45, 2.75) is 31.2 Å². The Hall–Kier alpha value is -2.22. The molecule has 1 unspecified atom stereocenters. The third-order valence-corrected chi connectivity index (χ3v) is 8.17. The van der Waals surface area contributed by atoms with Crippen LogP contribution in [-0.2, 0) is 16.6 Å². The number of piperidine rings is 1. The molecule has 1 amide bonds. The van der Waals surface area contributed by atoms with E-state index in [9.17, 15) is 13.2 Å². The molecule has 31 heavy (non-hydrogen) atoms. The molecule has 2 heterocycles. The van der Waals surface area contributed by atoms with Gasteiger partial charge in [0.2, 0.25) is 10.0 Å². The number of carbonyl (C=O) groups is 1. The highest BCUT2D eigenvalue weighted by atomic mass is 32.2. The molecule has 166 valence electrons. The lowest BCUT2D eigenvalue weighted by atomic mass is 9.99. The molecule has 0 aromatic heterocycles. The SMILES string of the molecule is CC1CCCN(Cc2ccc(C(=O)N3CCN(S(=O)(=O)c4ccccc4)CC3)cc2)C1. The summed E-state index contributed by atoms with van der Waals surface area (Å²) in [6.07, 6.45) is 2.56. The second-order valence-electron chi connectivity index (χ2n) is 8.69. The number of likely N-dealkylation sites (tertiary alicyclic amines) is 1. The molecular weight excluding hydrogens is 410 g/mol. The van der Waals surface area contributed by atoms with Gasteiger partial charge in [-0.2, -0.15) is 4.31 Å². The summed E-state index contributed by atoms with van der Waals surface area (Å²) in [5.41, 5.74) is 1.89. The lowest BCUT2D eigenvalue weighted by molar-refractivity contribution is 0.0698. The molecule has 2 saturated heterocycles. The fourth-order valence-electron chi connectivity index (χ4n) is 4.50. The minimum atomic E-state index is -3.51. The monoisotopic (exact) mass is 441 g/mol. The highest BCUT2D eigenvalue weighted by Crippen LogP contribution is 2.20. The van der Waals surface area contributed by atoms with E-state index < -0.39 is 10.0 Å². The van der Waals surface area contributed by atoms with E-state index in [4.69, 9.17) is 0 Å². The molecule has 2 aliphatic heterocycles. The maximum atomic E-state index is 12.9. The van der Waals surface area contributed by atoms with Crippen molar-refractivity contribution in [3.05, 3.63) is 65.7 Å². The van der Waals surface area contributed by atoms with E-state index in [1.807, 2.05) is 24.3 Å². The normalized spacial score (nSPS) is 21.2. The molecule has 0 saturated carbocycles. The zero-order valence-corrected chi connectivity index (χ0v) is 18.9. The van der Waals surface area contributed by atoms with Crippen molar-refractivity contribution in [3.8, 4) is 0 Å². The lowest BCUT2D eigenvalue weighted by Crippen LogP contribution is -2.50. The summed E-state index contributed by atoms with van der Waals surface area (Å²) in [6, 6.07) is 16.4. The Morgan fingerprint density at radius 1 is 0.935 bits per heavy atom. The first-order valence-electron chi connectivity index (χ1n) is 11.1. The molecule has 2 fully saturated rings. The average Bonchev–Trinajstić information content (AvgIpc) is 2.80. The quantitative estimate of drug-likeness (QED) is 0.716. The van der Waals surface area contributed by atoms with Crippen LogP contribution in [0.3, 0.4) is 0 Å². The second-order valence-corrected chi connectivity index (χ2v) is 10.6. The molecule has 1 atom stereocenters. The number of piperazine rings is 1. The Morgan fingerprint density at radius 2 is 1.61 bits per heavy atom. The molecule has 6 nitrogen and oxygen atoms in total. The van der Waals surface area contributed by atoms with Crippen LogP contribution in [0.2, 0.25) is 0 Å². The second kappa shape index (κ2) is 9.51. The number of carbonyl (C=O) groups excluding carboxylic acids is 1. The minimum Gasteiger partial charge on any atom is -0.336 e. The average molecular weight is 442 g/mol. The summed E-state index contributed by atoms with van der Waals surface area (Å²) < 4.78 is 27.0. The van der Waals surface area contributed by atoms with E-state index in [0.29, 0.717) is 36.6 Å². The zero-order valence-electron chi connectivity index (χ0n) is 18.1. The number of amides is 1. The first-order chi connectivity index (χ1) is 14.9. The Morgan fingerprint density at radius 3 is 2.26 bits per heavy atom. The summed E-state index contributed by atoms with van der Waals surface area (Å²) in [5.74, 6) is 0.717. The molecule has 0 N–H and O–H groups in total. The highest BCUT2D eigenvalue weighted by Gasteiger charge is 2.30. The first kappa shape index (κ1) is 22.0. The molecule has 2 aromatic rings. The fourth-order valence-corrected chi connectivity index (χ4v) is 5.94. The van der Waals surface area contributed by atoms with Crippen molar-refractivity contribution in [2.24, 2.45) is 5.92 Å². The fraction of sp³-hybridized carbons (Fsp3) is 0.458. The maximum Gasteiger partial charge on any atom is 0.253 e. The van der Waals surface area contributed by atoms with E-state index in [1.165, 1.54) is 22.7 Å². The van der Waals surface area contributed by atoms with Crippen LogP contribution < -0.4 is 0 Å². The molecule has 4 rings (SSSR count). The highest BCUT2D eigenvalue weighted by molar-refractivity contribution is 7.89. The Kier molecular flexibility index (Phi) is 6.74. The predicted molar refractivity (Wildman–Crippen MR) is 121 cm³/mol. The van der Waals surface area contributed by atoms with E-state index in [-0.39, 0.29) is 5.91 Å². The van der Waals surface area contributed by atoms with Gasteiger partial charge in [-0.25, -0.2) is 8.42 Å². The van der Waals surface area contributed by atoms with Gasteiger partial charge >= 0.3 is 0 Å². The van der Waals surface area contributed by atoms with Gasteiger partial charge < -0.3 is 4.90 Å². The number of hydrogen-bond donors (Lipinski definition) is 0. The van der Waals surface area contributed by atoms with Gasteiger partial charge in [0.25, 0.3) is 5.91 Å². The number of hydrogen-bond acceptors (Lipinski definition) is 4. The molecule has 7 heteroatoms. The van der Waals surface area contributed by atoms with Gasteiger partial charge in [0.1, 0.15) is 0 Å². The summed E-state index contributed by atoms with van der Waals surface area (Å²) in [5, 5.41) is 0. The molecule has 0 radical (unpaired) electrons. The summed E-state index contributed by atoms with van der Waals surface area (Å²) >= 11 is 0. The summed E-state index contributed by atoms with van der Waals surface area (Å²) in [7, 11) is -3.51. The van der Waals surface area contributed by atoms with Crippen LogP contribution in [0.15, 0.2) is 59.5 Å². The van der Waals surface area contributed by atoms with Crippen molar-refractivity contribution >= 4 is 15.9 Å². The van der Waals surface area contributed by atoms with Crippen molar-refractivity contribution < 1.29 is 13.2 Å². The largest absolute Gasteiger partial charge is 0.336 e. The number of rotatable bonds is 5. The summed E-state index contributed by atoms with van der Waals surface area (Å²) in [6.45, 7) is 6.94. The lowest BCUT2D eigenvalue weighted by Gasteiger charge is -2.34. The van der Waals surface area contributed by atoms with Crippen LogP contribution in [0.25, 0.3) is 0 Å².